The quantitative estimate of drug-likeness (QED) is 0.465. The van der Waals surface area contributed by atoms with Crippen molar-refractivity contribution < 1.29 is 19.3 Å². The van der Waals surface area contributed by atoms with E-state index in [1.54, 1.807) is 0 Å². The van der Waals surface area contributed by atoms with E-state index < -0.39 is 6.10 Å². The average molecular weight is 274 g/mol. The SMILES string of the molecule is CCCCCCCCOCOC1CO[C@H](CC)[C@@H]1O. The zero-order valence-electron chi connectivity index (χ0n) is 12.5. The van der Waals surface area contributed by atoms with Gasteiger partial charge < -0.3 is 19.3 Å². The van der Waals surface area contributed by atoms with E-state index in [4.69, 9.17) is 14.2 Å². The van der Waals surface area contributed by atoms with Crippen LogP contribution in [0, 0.1) is 0 Å². The lowest BCUT2D eigenvalue weighted by atomic mass is 10.1. The largest absolute Gasteiger partial charge is 0.388 e. The van der Waals surface area contributed by atoms with Crippen molar-refractivity contribution in [3.63, 3.8) is 0 Å². The fourth-order valence-corrected chi connectivity index (χ4v) is 2.34. The molecule has 4 nitrogen and oxygen atoms in total. The van der Waals surface area contributed by atoms with Crippen molar-refractivity contribution in [3.05, 3.63) is 0 Å². The van der Waals surface area contributed by atoms with Gasteiger partial charge in [-0.15, -0.1) is 0 Å². The van der Waals surface area contributed by atoms with Crippen molar-refractivity contribution in [2.45, 2.75) is 77.1 Å². The molecule has 1 fully saturated rings. The van der Waals surface area contributed by atoms with Crippen LogP contribution in [0.15, 0.2) is 0 Å². The molecule has 1 saturated heterocycles. The Kier molecular flexibility index (Phi) is 9.43. The van der Waals surface area contributed by atoms with Gasteiger partial charge in [0.15, 0.2) is 0 Å². The first-order chi connectivity index (χ1) is 9.29. The lowest BCUT2D eigenvalue weighted by molar-refractivity contribution is -0.113. The maximum Gasteiger partial charge on any atom is 0.147 e. The first-order valence-electron chi connectivity index (χ1n) is 7.78. The highest BCUT2D eigenvalue weighted by Gasteiger charge is 2.35. The van der Waals surface area contributed by atoms with Gasteiger partial charge in [0.05, 0.1) is 12.7 Å². The van der Waals surface area contributed by atoms with Crippen LogP contribution in [0.3, 0.4) is 0 Å². The third kappa shape index (κ3) is 6.70. The van der Waals surface area contributed by atoms with Crippen molar-refractivity contribution in [1.29, 1.82) is 0 Å². The summed E-state index contributed by atoms with van der Waals surface area (Å²) < 4.78 is 16.4. The van der Waals surface area contributed by atoms with E-state index in [1.165, 1.54) is 32.1 Å². The molecular formula is C15H30O4. The number of hydrogen-bond acceptors (Lipinski definition) is 4. The van der Waals surface area contributed by atoms with Gasteiger partial charge in [0.2, 0.25) is 0 Å². The van der Waals surface area contributed by atoms with Crippen LogP contribution < -0.4 is 0 Å². The number of unbranched alkanes of at least 4 members (excludes halogenated alkanes) is 5. The maximum absolute atomic E-state index is 9.87. The molecule has 0 aromatic heterocycles. The normalized spacial score (nSPS) is 27.0. The van der Waals surface area contributed by atoms with Gasteiger partial charge in [-0.25, -0.2) is 0 Å². The lowest BCUT2D eigenvalue weighted by Crippen LogP contribution is -2.32. The van der Waals surface area contributed by atoms with Crippen LogP contribution in [-0.2, 0) is 14.2 Å². The summed E-state index contributed by atoms with van der Waals surface area (Å²) in [4.78, 5) is 0. The molecule has 1 N–H and O–H groups in total. The minimum Gasteiger partial charge on any atom is -0.388 e. The Morgan fingerprint density at radius 2 is 1.84 bits per heavy atom. The highest BCUT2D eigenvalue weighted by atomic mass is 16.7. The summed E-state index contributed by atoms with van der Waals surface area (Å²) in [5.41, 5.74) is 0. The van der Waals surface area contributed by atoms with Gasteiger partial charge in [0.25, 0.3) is 0 Å². The van der Waals surface area contributed by atoms with Crippen LogP contribution in [0.25, 0.3) is 0 Å². The minimum absolute atomic E-state index is 0.0800. The lowest BCUT2D eigenvalue weighted by Gasteiger charge is -2.16. The van der Waals surface area contributed by atoms with Gasteiger partial charge in [0, 0.05) is 6.61 Å². The number of aliphatic hydroxyl groups excluding tert-OH is 1. The van der Waals surface area contributed by atoms with Gasteiger partial charge >= 0.3 is 0 Å². The molecule has 19 heavy (non-hydrogen) atoms. The fraction of sp³-hybridized carbons (Fsp3) is 1.00. The van der Waals surface area contributed by atoms with Gasteiger partial charge in [-0.2, -0.15) is 0 Å². The molecular weight excluding hydrogens is 244 g/mol. The third-order valence-corrected chi connectivity index (χ3v) is 3.65. The predicted molar refractivity (Wildman–Crippen MR) is 75.1 cm³/mol. The van der Waals surface area contributed by atoms with E-state index in [0.29, 0.717) is 6.61 Å². The Bertz CT molecular complexity index is 210. The topological polar surface area (TPSA) is 47.9 Å². The van der Waals surface area contributed by atoms with Crippen molar-refractivity contribution in [2.24, 2.45) is 0 Å². The summed E-state index contributed by atoms with van der Waals surface area (Å²) in [6.07, 6.45) is 7.57. The van der Waals surface area contributed by atoms with Crippen molar-refractivity contribution >= 4 is 0 Å². The highest BCUT2D eigenvalue weighted by molar-refractivity contribution is 4.83. The molecule has 1 rings (SSSR count). The molecule has 0 spiro atoms. The van der Waals surface area contributed by atoms with E-state index >= 15 is 0 Å². The number of aliphatic hydroxyl groups is 1. The number of ether oxygens (including phenoxy) is 3. The molecule has 0 amide bonds. The first kappa shape index (κ1) is 16.9. The van der Waals surface area contributed by atoms with E-state index in [9.17, 15) is 5.11 Å². The van der Waals surface area contributed by atoms with Gasteiger partial charge in [0.1, 0.15) is 19.0 Å². The summed E-state index contributed by atoms with van der Waals surface area (Å²) in [6, 6.07) is 0. The second-order valence-electron chi connectivity index (χ2n) is 5.27. The Labute approximate surface area is 117 Å². The summed E-state index contributed by atoms with van der Waals surface area (Å²) in [5, 5.41) is 9.87. The monoisotopic (exact) mass is 274 g/mol. The van der Waals surface area contributed by atoms with Crippen molar-refractivity contribution in [3.8, 4) is 0 Å². The van der Waals surface area contributed by atoms with Crippen LogP contribution in [-0.4, -0.2) is 43.4 Å². The zero-order chi connectivity index (χ0) is 13.9. The van der Waals surface area contributed by atoms with Crippen LogP contribution in [0.2, 0.25) is 0 Å². The standard InChI is InChI=1S/C15H30O4/c1-3-5-6-7-8-9-10-17-12-19-14-11-18-13(4-2)15(14)16/h13-16H,3-12H2,1-2H3/t13-,14?,15+/m1/s1. The van der Waals surface area contributed by atoms with Gasteiger partial charge in [-0.1, -0.05) is 46.0 Å². The summed E-state index contributed by atoms with van der Waals surface area (Å²) in [5.74, 6) is 0. The highest BCUT2D eigenvalue weighted by Crippen LogP contribution is 2.19. The van der Waals surface area contributed by atoms with Gasteiger partial charge in [-0.3, -0.25) is 0 Å². The molecule has 0 aromatic rings. The molecule has 0 aliphatic carbocycles. The van der Waals surface area contributed by atoms with Crippen molar-refractivity contribution in [2.75, 3.05) is 20.0 Å². The van der Waals surface area contributed by atoms with Crippen LogP contribution in [0.1, 0.15) is 58.8 Å². The van der Waals surface area contributed by atoms with Crippen LogP contribution in [0.5, 0.6) is 0 Å². The molecule has 0 radical (unpaired) electrons. The second kappa shape index (κ2) is 10.6. The number of rotatable bonds is 11. The Morgan fingerprint density at radius 1 is 1.11 bits per heavy atom. The fourth-order valence-electron chi connectivity index (χ4n) is 2.34. The summed E-state index contributed by atoms with van der Waals surface area (Å²) in [7, 11) is 0. The Hall–Kier alpha value is -0.160. The smallest absolute Gasteiger partial charge is 0.147 e. The molecule has 1 heterocycles. The van der Waals surface area contributed by atoms with E-state index in [1.807, 2.05) is 6.92 Å². The third-order valence-electron chi connectivity index (χ3n) is 3.65. The van der Waals surface area contributed by atoms with E-state index in [2.05, 4.69) is 6.92 Å². The molecule has 0 bridgehead atoms. The Morgan fingerprint density at radius 3 is 2.53 bits per heavy atom. The van der Waals surface area contributed by atoms with Crippen LogP contribution >= 0.6 is 0 Å². The molecule has 0 saturated carbocycles. The minimum atomic E-state index is -0.511. The van der Waals surface area contributed by atoms with Gasteiger partial charge in [-0.05, 0) is 12.8 Å². The van der Waals surface area contributed by atoms with Crippen molar-refractivity contribution in [1.82, 2.24) is 0 Å². The molecule has 4 heteroatoms. The van der Waals surface area contributed by atoms with E-state index in [0.717, 1.165) is 19.4 Å². The molecule has 0 aromatic carbocycles. The summed E-state index contributed by atoms with van der Waals surface area (Å²) in [6.45, 7) is 5.71. The molecule has 114 valence electrons. The van der Waals surface area contributed by atoms with E-state index in [-0.39, 0.29) is 19.0 Å². The van der Waals surface area contributed by atoms with Crippen LogP contribution in [0.4, 0.5) is 0 Å². The Balaban J connectivity index is 1.88. The molecule has 1 aliphatic rings. The maximum atomic E-state index is 9.87. The summed E-state index contributed by atoms with van der Waals surface area (Å²) >= 11 is 0. The number of hydrogen-bond donors (Lipinski definition) is 1. The zero-order valence-corrected chi connectivity index (χ0v) is 12.5. The second-order valence-corrected chi connectivity index (χ2v) is 5.27. The molecule has 1 unspecified atom stereocenters. The first-order valence-corrected chi connectivity index (χ1v) is 7.78. The molecule has 1 aliphatic heterocycles. The predicted octanol–water partition coefficient (Wildman–Crippen LogP) is 2.88. The molecule has 3 atom stereocenters. The average Bonchev–Trinajstić information content (AvgIpc) is 2.78.